The lowest BCUT2D eigenvalue weighted by atomic mass is 9.38. The minimum Gasteiger partial charge on any atom is -0.484 e. The molecule has 34 heavy (non-hydrogen) atoms. The van der Waals surface area contributed by atoms with Crippen LogP contribution < -0.4 is 14.8 Å². The molecule has 0 aromatic heterocycles. The van der Waals surface area contributed by atoms with E-state index in [1.54, 1.807) is 0 Å². The lowest BCUT2D eigenvalue weighted by Crippen LogP contribution is -2.75. The molecule has 2 atom stereocenters. The lowest BCUT2D eigenvalue weighted by Gasteiger charge is -2.70. The van der Waals surface area contributed by atoms with Gasteiger partial charge in [-0.1, -0.05) is 11.6 Å². The molecular formula is C24H21ClF3NO5. The maximum Gasteiger partial charge on any atom is 0.258 e. The number of benzene rings is 2. The minimum atomic E-state index is -1.12. The number of carbonyl (C=O) groups is 2. The number of ketones is 1. The Morgan fingerprint density at radius 1 is 1.12 bits per heavy atom. The van der Waals surface area contributed by atoms with Crippen molar-refractivity contribution in [3.63, 3.8) is 0 Å². The summed E-state index contributed by atoms with van der Waals surface area (Å²) in [6.45, 7) is -0.279. The molecule has 3 fully saturated rings. The van der Waals surface area contributed by atoms with Crippen molar-refractivity contribution in [2.75, 3.05) is 6.61 Å². The van der Waals surface area contributed by atoms with Gasteiger partial charge in [0, 0.05) is 36.1 Å². The van der Waals surface area contributed by atoms with Gasteiger partial charge in [-0.15, -0.1) is 0 Å². The Bertz CT molecular complexity index is 1170. The maximum atomic E-state index is 13.5. The Morgan fingerprint density at radius 2 is 1.82 bits per heavy atom. The summed E-state index contributed by atoms with van der Waals surface area (Å²) in [7, 11) is 0. The van der Waals surface area contributed by atoms with Crippen molar-refractivity contribution < 1.29 is 37.3 Å². The summed E-state index contributed by atoms with van der Waals surface area (Å²) in [6, 6.07) is 5.64. The number of amides is 1. The first-order chi connectivity index (χ1) is 16.1. The topological polar surface area (TPSA) is 84.9 Å². The van der Waals surface area contributed by atoms with Gasteiger partial charge in [0.25, 0.3) is 5.91 Å². The van der Waals surface area contributed by atoms with E-state index in [-0.39, 0.29) is 64.2 Å². The number of rotatable bonds is 7. The largest absolute Gasteiger partial charge is 0.484 e. The fourth-order valence-electron chi connectivity index (χ4n) is 5.48. The number of hydrogen-bond acceptors (Lipinski definition) is 5. The van der Waals surface area contributed by atoms with Gasteiger partial charge in [0.2, 0.25) is 0 Å². The fraction of sp³-hybridized carbons (Fsp3) is 0.417. The zero-order valence-corrected chi connectivity index (χ0v) is 18.6. The molecule has 3 saturated carbocycles. The van der Waals surface area contributed by atoms with E-state index in [4.69, 9.17) is 21.1 Å². The standard InChI is InChI=1S/C24H21ClF3NO5/c25-14-2-1-12(3-15(14)26)33-8-22(32)29-24-9-23(10-24,11-24)7-19(31)21-6-18(30)13-4-16(27)17(28)5-20(13)34-21/h1-5,18,21,30H,6-11H2,(H,29,32)/t18-,21-,23?,24?/m0/s1. The van der Waals surface area contributed by atoms with Crippen molar-refractivity contribution in [2.24, 2.45) is 5.41 Å². The molecule has 0 spiro atoms. The van der Waals surface area contributed by atoms with E-state index in [9.17, 15) is 27.9 Å². The van der Waals surface area contributed by atoms with Gasteiger partial charge in [-0.2, -0.15) is 0 Å². The minimum absolute atomic E-state index is 0.0297. The average molecular weight is 496 g/mol. The summed E-state index contributed by atoms with van der Waals surface area (Å²) in [5.41, 5.74) is -0.502. The van der Waals surface area contributed by atoms with Crippen LogP contribution in [0.4, 0.5) is 13.2 Å². The third-order valence-electron chi connectivity index (χ3n) is 6.83. The first-order valence-electron chi connectivity index (χ1n) is 10.8. The molecule has 1 amide bonds. The molecule has 180 valence electrons. The SMILES string of the molecule is O=C(COc1ccc(Cl)c(F)c1)NC12CC(CC(=O)[C@@H]3C[C@H](O)c4cc(F)c(F)cc4O3)(C1)C2. The molecule has 2 aromatic carbocycles. The number of halogens is 4. The summed E-state index contributed by atoms with van der Waals surface area (Å²) in [5, 5.41) is 13.2. The van der Waals surface area contributed by atoms with Crippen LogP contribution in [0.15, 0.2) is 30.3 Å². The molecular weight excluding hydrogens is 475 g/mol. The van der Waals surface area contributed by atoms with Crippen LogP contribution in [0.25, 0.3) is 0 Å². The zero-order chi connectivity index (χ0) is 24.3. The lowest BCUT2D eigenvalue weighted by molar-refractivity contribution is -0.175. The molecule has 1 heterocycles. The molecule has 6 nitrogen and oxygen atoms in total. The molecule has 1 aliphatic heterocycles. The predicted octanol–water partition coefficient (Wildman–Crippen LogP) is 4.02. The van der Waals surface area contributed by atoms with Gasteiger partial charge in [-0.05, 0) is 42.9 Å². The van der Waals surface area contributed by atoms with Crippen LogP contribution in [0.3, 0.4) is 0 Å². The van der Waals surface area contributed by atoms with Gasteiger partial charge in [-0.3, -0.25) is 9.59 Å². The van der Waals surface area contributed by atoms with Crippen LogP contribution in [0.2, 0.25) is 5.02 Å². The van der Waals surface area contributed by atoms with Crippen molar-refractivity contribution in [3.05, 3.63) is 58.4 Å². The molecule has 10 heteroatoms. The number of hydrogen-bond donors (Lipinski definition) is 2. The highest BCUT2D eigenvalue weighted by molar-refractivity contribution is 6.30. The molecule has 2 aromatic rings. The average Bonchev–Trinajstić information content (AvgIpc) is 2.73. The molecule has 2 N–H and O–H groups in total. The summed E-state index contributed by atoms with van der Waals surface area (Å²) in [6.07, 6.45) is -0.0179. The van der Waals surface area contributed by atoms with Crippen LogP contribution in [-0.2, 0) is 9.59 Å². The number of aliphatic hydroxyl groups is 1. The summed E-state index contributed by atoms with van der Waals surface area (Å²) >= 11 is 5.62. The normalized spacial score (nSPS) is 28.6. The van der Waals surface area contributed by atoms with Crippen molar-refractivity contribution in [3.8, 4) is 11.5 Å². The van der Waals surface area contributed by atoms with E-state index < -0.39 is 29.7 Å². The second kappa shape index (κ2) is 8.16. The van der Waals surface area contributed by atoms with Crippen LogP contribution in [-0.4, -0.2) is 35.0 Å². The number of nitrogens with one attached hydrogen (secondary N) is 1. The van der Waals surface area contributed by atoms with Crippen LogP contribution in [0, 0.1) is 22.9 Å². The summed E-state index contributed by atoms with van der Waals surface area (Å²) in [4.78, 5) is 25.1. The highest BCUT2D eigenvalue weighted by Gasteiger charge is 2.68. The van der Waals surface area contributed by atoms with Crippen molar-refractivity contribution in [2.45, 2.75) is 49.9 Å². The van der Waals surface area contributed by atoms with Crippen LogP contribution in [0.5, 0.6) is 11.5 Å². The van der Waals surface area contributed by atoms with Gasteiger partial charge in [0.15, 0.2) is 30.1 Å². The van der Waals surface area contributed by atoms with Crippen molar-refractivity contribution in [1.29, 1.82) is 0 Å². The van der Waals surface area contributed by atoms with E-state index in [1.807, 2.05) is 0 Å². The van der Waals surface area contributed by atoms with E-state index in [2.05, 4.69) is 5.32 Å². The molecule has 6 rings (SSSR count). The quantitative estimate of drug-likeness (QED) is 0.606. The molecule has 3 aliphatic carbocycles. The first kappa shape index (κ1) is 23.0. The van der Waals surface area contributed by atoms with E-state index in [0.29, 0.717) is 19.3 Å². The van der Waals surface area contributed by atoms with Crippen LogP contribution >= 0.6 is 11.6 Å². The second-order valence-corrected chi connectivity index (χ2v) is 9.94. The predicted molar refractivity (Wildman–Crippen MR) is 114 cm³/mol. The monoisotopic (exact) mass is 495 g/mol. The van der Waals surface area contributed by atoms with E-state index in [0.717, 1.165) is 18.2 Å². The Hall–Kier alpha value is -2.78. The number of Topliss-reactive ketones (excluding diaryl/α,β-unsaturated/α-hetero) is 1. The Kier molecular flexibility index (Phi) is 5.52. The van der Waals surface area contributed by atoms with Crippen molar-refractivity contribution >= 4 is 23.3 Å². The smallest absolute Gasteiger partial charge is 0.258 e. The molecule has 0 unspecified atom stereocenters. The van der Waals surface area contributed by atoms with Gasteiger partial charge in [0.1, 0.15) is 17.3 Å². The maximum absolute atomic E-state index is 13.5. The van der Waals surface area contributed by atoms with Gasteiger partial charge >= 0.3 is 0 Å². The Labute approximate surface area is 198 Å². The third-order valence-corrected chi connectivity index (χ3v) is 7.14. The molecule has 2 bridgehead atoms. The fourth-order valence-corrected chi connectivity index (χ4v) is 5.60. The Morgan fingerprint density at radius 3 is 2.53 bits per heavy atom. The van der Waals surface area contributed by atoms with Crippen molar-refractivity contribution in [1.82, 2.24) is 5.32 Å². The van der Waals surface area contributed by atoms with Gasteiger partial charge in [0.05, 0.1) is 11.1 Å². The highest BCUT2D eigenvalue weighted by Crippen LogP contribution is 2.69. The van der Waals surface area contributed by atoms with Gasteiger partial charge in [-0.25, -0.2) is 13.2 Å². The second-order valence-electron chi connectivity index (χ2n) is 9.53. The number of fused-ring (bicyclic) bond motifs is 1. The number of carbonyl (C=O) groups excluding carboxylic acids is 2. The number of ether oxygens (including phenoxy) is 2. The Balaban J connectivity index is 1.11. The third kappa shape index (κ3) is 4.11. The van der Waals surface area contributed by atoms with Crippen LogP contribution in [0.1, 0.15) is 43.8 Å². The number of aliphatic hydroxyl groups excluding tert-OH is 1. The highest BCUT2D eigenvalue weighted by atomic mass is 35.5. The first-order valence-corrected chi connectivity index (χ1v) is 11.2. The van der Waals surface area contributed by atoms with Gasteiger partial charge < -0.3 is 19.9 Å². The van der Waals surface area contributed by atoms with E-state index >= 15 is 0 Å². The van der Waals surface area contributed by atoms with E-state index in [1.165, 1.54) is 12.1 Å². The summed E-state index contributed by atoms with van der Waals surface area (Å²) in [5.74, 6) is -3.24. The zero-order valence-electron chi connectivity index (χ0n) is 17.9. The molecule has 0 saturated heterocycles. The summed E-state index contributed by atoms with van der Waals surface area (Å²) < 4.78 is 51.3. The molecule has 4 aliphatic rings. The molecule has 0 radical (unpaired) electrons.